The number of likely N-dealkylation sites (tertiary alicyclic amines) is 1. The SMILES string of the molecule is CCCCCCNC(=O)C1CCCN(C(=O)CCc2ccc(OC)c(F)c2)C1. The number of carbonyl (C=O) groups is 2. The normalized spacial score (nSPS) is 16.7. The summed E-state index contributed by atoms with van der Waals surface area (Å²) in [6, 6.07) is 4.77. The van der Waals surface area contributed by atoms with Crippen LogP contribution in [0.2, 0.25) is 0 Å². The smallest absolute Gasteiger partial charge is 0.224 e. The number of hydrogen-bond acceptors (Lipinski definition) is 3. The number of nitrogens with one attached hydrogen (secondary N) is 1. The van der Waals surface area contributed by atoms with Crippen molar-refractivity contribution in [3.63, 3.8) is 0 Å². The number of nitrogens with zero attached hydrogens (tertiary/aromatic N) is 1. The molecule has 1 aromatic rings. The molecule has 1 aromatic carbocycles. The maximum absolute atomic E-state index is 13.8. The van der Waals surface area contributed by atoms with Gasteiger partial charge in [0.25, 0.3) is 0 Å². The standard InChI is InChI=1S/C22H33FN2O3/c1-3-4-5-6-13-24-22(27)18-8-7-14-25(16-18)21(26)12-10-17-9-11-20(28-2)19(23)15-17/h9,11,15,18H,3-8,10,12-14,16H2,1-2H3,(H,24,27). The molecule has 1 aliphatic heterocycles. The van der Waals surface area contributed by atoms with Gasteiger partial charge < -0.3 is 15.0 Å². The zero-order valence-electron chi connectivity index (χ0n) is 17.1. The molecule has 0 saturated carbocycles. The van der Waals surface area contributed by atoms with Crippen molar-refractivity contribution in [3.05, 3.63) is 29.6 Å². The van der Waals surface area contributed by atoms with Crippen LogP contribution in [-0.4, -0.2) is 43.5 Å². The van der Waals surface area contributed by atoms with Crippen LogP contribution in [-0.2, 0) is 16.0 Å². The summed E-state index contributed by atoms with van der Waals surface area (Å²) in [5.41, 5.74) is 0.769. The number of benzene rings is 1. The van der Waals surface area contributed by atoms with Gasteiger partial charge >= 0.3 is 0 Å². The number of hydrogen-bond donors (Lipinski definition) is 1. The fraction of sp³-hybridized carbons (Fsp3) is 0.636. The molecule has 1 aliphatic rings. The summed E-state index contributed by atoms with van der Waals surface area (Å²) < 4.78 is 18.7. The zero-order chi connectivity index (χ0) is 20.4. The van der Waals surface area contributed by atoms with Gasteiger partial charge in [0.2, 0.25) is 11.8 Å². The highest BCUT2D eigenvalue weighted by atomic mass is 19.1. The summed E-state index contributed by atoms with van der Waals surface area (Å²) >= 11 is 0. The molecule has 0 radical (unpaired) electrons. The summed E-state index contributed by atoms with van der Waals surface area (Å²) in [6.45, 7) is 4.05. The lowest BCUT2D eigenvalue weighted by molar-refractivity contribution is -0.135. The molecule has 6 heteroatoms. The summed E-state index contributed by atoms with van der Waals surface area (Å²) in [6.07, 6.45) is 6.98. The first-order valence-corrected chi connectivity index (χ1v) is 10.4. The fourth-order valence-electron chi connectivity index (χ4n) is 3.60. The third kappa shape index (κ3) is 6.80. The molecule has 5 nitrogen and oxygen atoms in total. The molecule has 0 spiro atoms. The van der Waals surface area contributed by atoms with Gasteiger partial charge in [-0.3, -0.25) is 9.59 Å². The Kier molecular flexibility index (Phi) is 9.24. The number of ether oxygens (including phenoxy) is 1. The Morgan fingerprint density at radius 2 is 2.11 bits per heavy atom. The van der Waals surface area contributed by atoms with Crippen molar-refractivity contribution in [1.29, 1.82) is 0 Å². The Bertz CT molecular complexity index is 651. The molecule has 1 saturated heterocycles. The third-order valence-corrected chi connectivity index (χ3v) is 5.32. The second-order valence-electron chi connectivity index (χ2n) is 7.50. The van der Waals surface area contributed by atoms with Crippen molar-refractivity contribution in [2.75, 3.05) is 26.7 Å². The van der Waals surface area contributed by atoms with E-state index in [1.807, 2.05) is 0 Å². The van der Waals surface area contributed by atoms with Gasteiger partial charge in [-0.2, -0.15) is 0 Å². The molecule has 2 amide bonds. The monoisotopic (exact) mass is 392 g/mol. The lowest BCUT2D eigenvalue weighted by atomic mass is 9.96. The van der Waals surface area contributed by atoms with Gasteiger partial charge in [0, 0.05) is 26.1 Å². The van der Waals surface area contributed by atoms with E-state index in [1.165, 1.54) is 26.0 Å². The summed E-state index contributed by atoms with van der Waals surface area (Å²) in [5, 5.41) is 3.02. The van der Waals surface area contributed by atoms with E-state index < -0.39 is 5.82 Å². The Balaban J connectivity index is 1.77. The van der Waals surface area contributed by atoms with Crippen LogP contribution in [0.15, 0.2) is 18.2 Å². The molecule has 1 heterocycles. The lowest BCUT2D eigenvalue weighted by Gasteiger charge is -2.32. The first-order valence-electron chi connectivity index (χ1n) is 10.4. The minimum atomic E-state index is -0.416. The van der Waals surface area contributed by atoms with Crippen LogP contribution in [0, 0.1) is 11.7 Å². The van der Waals surface area contributed by atoms with E-state index in [0.29, 0.717) is 32.5 Å². The van der Waals surface area contributed by atoms with Crippen LogP contribution >= 0.6 is 0 Å². The topological polar surface area (TPSA) is 58.6 Å². The molecule has 1 fully saturated rings. The van der Waals surface area contributed by atoms with Crippen LogP contribution < -0.4 is 10.1 Å². The summed E-state index contributed by atoms with van der Waals surface area (Å²) in [5.74, 6) is -0.249. The van der Waals surface area contributed by atoms with Gasteiger partial charge in [-0.15, -0.1) is 0 Å². The number of halogens is 1. The van der Waals surface area contributed by atoms with E-state index in [-0.39, 0.29) is 23.5 Å². The number of amides is 2. The van der Waals surface area contributed by atoms with Crippen LogP contribution in [0.25, 0.3) is 0 Å². The van der Waals surface area contributed by atoms with Crippen molar-refractivity contribution in [2.45, 2.75) is 58.3 Å². The quantitative estimate of drug-likeness (QED) is 0.618. The van der Waals surface area contributed by atoms with Crippen molar-refractivity contribution in [3.8, 4) is 5.75 Å². The highest BCUT2D eigenvalue weighted by molar-refractivity contribution is 5.81. The minimum Gasteiger partial charge on any atom is -0.494 e. The van der Waals surface area contributed by atoms with Crippen molar-refractivity contribution >= 4 is 11.8 Å². The number of carbonyl (C=O) groups excluding carboxylic acids is 2. The Labute approximate surface area is 167 Å². The molecule has 1 atom stereocenters. The Hall–Kier alpha value is -2.11. The van der Waals surface area contributed by atoms with Gasteiger partial charge in [0.05, 0.1) is 13.0 Å². The van der Waals surface area contributed by atoms with Crippen molar-refractivity contribution in [1.82, 2.24) is 10.2 Å². The molecule has 0 aliphatic carbocycles. The average Bonchev–Trinajstić information content (AvgIpc) is 2.72. The molecule has 156 valence electrons. The zero-order valence-corrected chi connectivity index (χ0v) is 17.1. The maximum Gasteiger partial charge on any atom is 0.224 e. The third-order valence-electron chi connectivity index (χ3n) is 5.32. The van der Waals surface area contributed by atoms with Gasteiger partial charge in [-0.25, -0.2) is 4.39 Å². The minimum absolute atomic E-state index is 0.0247. The van der Waals surface area contributed by atoms with Crippen LogP contribution in [0.3, 0.4) is 0 Å². The van der Waals surface area contributed by atoms with Crippen molar-refractivity contribution in [2.24, 2.45) is 5.92 Å². The number of unbranched alkanes of at least 4 members (excludes halogenated alkanes) is 3. The predicted octanol–water partition coefficient (Wildman–Crippen LogP) is 3.70. The van der Waals surface area contributed by atoms with Crippen LogP contribution in [0.1, 0.15) is 57.4 Å². The number of piperidine rings is 1. The molecule has 0 aromatic heterocycles. The van der Waals surface area contributed by atoms with Gasteiger partial charge in [0.15, 0.2) is 11.6 Å². The number of rotatable bonds is 10. The molecule has 1 unspecified atom stereocenters. The molecule has 2 rings (SSSR count). The molecule has 0 bridgehead atoms. The number of methoxy groups -OCH3 is 1. The summed E-state index contributed by atoms with van der Waals surface area (Å²) in [7, 11) is 1.43. The lowest BCUT2D eigenvalue weighted by Crippen LogP contribution is -2.45. The first kappa shape index (κ1) is 22.2. The van der Waals surface area contributed by atoms with E-state index in [1.54, 1.807) is 17.0 Å². The predicted molar refractivity (Wildman–Crippen MR) is 108 cm³/mol. The molecular weight excluding hydrogens is 359 g/mol. The first-order chi connectivity index (χ1) is 13.5. The fourth-order valence-corrected chi connectivity index (χ4v) is 3.60. The van der Waals surface area contributed by atoms with Gasteiger partial charge in [-0.05, 0) is 43.4 Å². The van der Waals surface area contributed by atoms with Crippen molar-refractivity contribution < 1.29 is 18.7 Å². The van der Waals surface area contributed by atoms with Crippen LogP contribution in [0.5, 0.6) is 5.75 Å². The largest absolute Gasteiger partial charge is 0.494 e. The molecular formula is C22H33FN2O3. The van der Waals surface area contributed by atoms with E-state index >= 15 is 0 Å². The Morgan fingerprint density at radius 3 is 2.82 bits per heavy atom. The average molecular weight is 393 g/mol. The highest BCUT2D eigenvalue weighted by Crippen LogP contribution is 2.20. The maximum atomic E-state index is 13.8. The van der Waals surface area contributed by atoms with E-state index in [9.17, 15) is 14.0 Å². The molecule has 1 N–H and O–H groups in total. The van der Waals surface area contributed by atoms with Gasteiger partial charge in [-0.1, -0.05) is 32.3 Å². The number of aryl methyl sites for hydroxylation is 1. The van der Waals surface area contributed by atoms with Crippen LogP contribution in [0.4, 0.5) is 4.39 Å². The van der Waals surface area contributed by atoms with E-state index in [0.717, 1.165) is 31.2 Å². The second-order valence-corrected chi connectivity index (χ2v) is 7.50. The van der Waals surface area contributed by atoms with Gasteiger partial charge in [0.1, 0.15) is 0 Å². The Morgan fingerprint density at radius 1 is 1.29 bits per heavy atom. The van der Waals surface area contributed by atoms with E-state index in [2.05, 4.69) is 12.2 Å². The van der Waals surface area contributed by atoms with E-state index in [4.69, 9.17) is 4.74 Å². The highest BCUT2D eigenvalue weighted by Gasteiger charge is 2.28. The summed E-state index contributed by atoms with van der Waals surface area (Å²) in [4.78, 5) is 26.7. The molecule has 28 heavy (non-hydrogen) atoms. The second kappa shape index (κ2) is 11.7.